The Hall–Kier alpha value is -3.81. The lowest BCUT2D eigenvalue weighted by Crippen LogP contribution is -2.20. The summed E-state index contributed by atoms with van der Waals surface area (Å²) in [5.41, 5.74) is 1.61. The van der Waals surface area contributed by atoms with Crippen molar-refractivity contribution in [2.24, 2.45) is 0 Å². The lowest BCUT2D eigenvalue weighted by atomic mass is 10.1. The highest BCUT2D eigenvalue weighted by Crippen LogP contribution is 2.30. The van der Waals surface area contributed by atoms with Gasteiger partial charge in [-0.2, -0.15) is 0 Å². The molecule has 3 aromatic carbocycles. The lowest BCUT2D eigenvalue weighted by Gasteiger charge is -2.14. The minimum absolute atomic E-state index is 0.129. The van der Waals surface area contributed by atoms with E-state index < -0.39 is 18.0 Å². The predicted molar refractivity (Wildman–Crippen MR) is 107 cm³/mol. The van der Waals surface area contributed by atoms with Gasteiger partial charge in [0.2, 0.25) is 0 Å². The quantitative estimate of drug-likeness (QED) is 0.588. The Morgan fingerprint density at radius 1 is 0.767 bits per heavy atom. The van der Waals surface area contributed by atoms with Crippen molar-refractivity contribution in [1.29, 1.82) is 0 Å². The maximum atomic E-state index is 12.6. The number of alkyl halides is 3. The van der Waals surface area contributed by atoms with Gasteiger partial charge in [0, 0.05) is 16.8 Å². The monoisotopic (exact) mass is 414 g/mol. The van der Waals surface area contributed by atoms with E-state index in [1.165, 1.54) is 30.3 Å². The molecule has 0 radical (unpaired) electrons. The normalized spacial score (nSPS) is 10.9. The first-order chi connectivity index (χ1) is 14.2. The van der Waals surface area contributed by atoms with E-state index in [1.54, 1.807) is 43.3 Å². The van der Waals surface area contributed by atoms with Crippen molar-refractivity contribution < 1.29 is 27.5 Å². The van der Waals surface area contributed by atoms with Crippen molar-refractivity contribution in [2.75, 3.05) is 10.6 Å². The summed E-state index contributed by atoms with van der Waals surface area (Å²) in [7, 11) is 0. The van der Waals surface area contributed by atoms with Crippen molar-refractivity contribution in [1.82, 2.24) is 0 Å². The number of halogens is 3. The number of nitrogens with one attached hydrogen (secondary N) is 2. The van der Waals surface area contributed by atoms with E-state index in [2.05, 4.69) is 15.4 Å². The van der Waals surface area contributed by atoms with Crippen molar-refractivity contribution >= 4 is 23.2 Å². The molecular weight excluding hydrogens is 397 g/mol. The number of carbonyl (C=O) groups is 2. The van der Waals surface area contributed by atoms with Gasteiger partial charge in [-0.25, -0.2) is 0 Å². The molecule has 0 fully saturated rings. The molecule has 5 nitrogen and oxygen atoms in total. The maximum Gasteiger partial charge on any atom is 0.573 e. The molecule has 2 N–H and O–H groups in total. The zero-order valence-electron chi connectivity index (χ0n) is 15.8. The van der Waals surface area contributed by atoms with Crippen molar-refractivity contribution in [2.45, 2.75) is 13.3 Å². The predicted octanol–water partition coefficient (Wildman–Crippen LogP) is 5.40. The first kappa shape index (κ1) is 20.9. The van der Waals surface area contributed by atoms with Gasteiger partial charge < -0.3 is 15.4 Å². The fourth-order valence-electron chi connectivity index (χ4n) is 2.66. The summed E-state index contributed by atoms with van der Waals surface area (Å²) in [5, 5.41) is 5.14. The number of para-hydroxylation sites is 2. The molecule has 3 aromatic rings. The van der Waals surface area contributed by atoms with Crippen LogP contribution in [-0.2, 0) is 0 Å². The molecule has 0 saturated heterocycles. The van der Waals surface area contributed by atoms with Gasteiger partial charge in [0.1, 0.15) is 0 Å². The van der Waals surface area contributed by atoms with Gasteiger partial charge in [0.05, 0.1) is 5.69 Å². The average molecular weight is 414 g/mol. The molecule has 0 spiro atoms. The Bertz CT molecular complexity index is 1070. The third-order valence-electron chi connectivity index (χ3n) is 4.14. The first-order valence-electron chi connectivity index (χ1n) is 8.86. The number of carbonyl (C=O) groups excluding carboxylic acids is 2. The summed E-state index contributed by atoms with van der Waals surface area (Å²) < 4.78 is 41.6. The number of benzene rings is 3. The van der Waals surface area contributed by atoms with Crippen LogP contribution in [0.5, 0.6) is 5.75 Å². The SMILES string of the molecule is Cc1ccc(C(=O)Nc2ccccc2OC(F)(F)F)cc1NC(=O)c1ccccc1. The average Bonchev–Trinajstić information content (AvgIpc) is 2.70. The number of hydrogen-bond acceptors (Lipinski definition) is 3. The number of amides is 2. The maximum absolute atomic E-state index is 12.6. The summed E-state index contributed by atoms with van der Waals surface area (Å²) in [6.45, 7) is 1.76. The van der Waals surface area contributed by atoms with Gasteiger partial charge in [-0.15, -0.1) is 13.2 Å². The molecule has 0 atom stereocenters. The number of ether oxygens (including phenoxy) is 1. The number of anilines is 2. The van der Waals surface area contributed by atoms with Gasteiger partial charge in [0.25, 0.3) is 11.8 Å². The zero-order chi connectivity index (χ0) is 21.7. The molecule has 0 aromatic heterocycles. The van der Waals surface area contributed by atoms with E-state index in [-0.39, 0.29) is 17.2 Å². The molecular formula is C22H17F3N2O3. The second-order valence-corrected chi connectivity index (χ2v) is 6.35. The molecule has 3 rings (SSSR count). The van der Waals surface area contributed by atoms with Crippen LogP contribution in [0, 0.1) is 6.92 Å². The molecule has 0 saturated carbocycles. The van der Waals surface area contributed by atoms with Crippen LogP contribution in [-0.4, -0.2) is 18.2 Å². The topological polar surface area (TPSA) is 67.4 Å². The van der Waals surface area contributed by atoms with E-state index in [4.69, 9.17) is 0 Å². The molecule has 0 aliphatic carbocycles. The van der Waals surface area contributed by atoms with E-state index >= 15 is 0 Å². The van der Waals surface area contributed by atoms with E-state index in [1.807, 2.05) is 0 Å². The summed E-state index contributed by atoms with van der Waals surface area (Å²) in [4.78, 5) is 25.0. The van der Waals surface area contributed by atoms with Crippen molar-refractivity contribution in [3.8, 4) is 5.75 Å². The minimum Gasteiger partial charge on any atom is -0.404 e. The lowest BCUT2D eigenvalue weighted by molar-refractivity contribution is -0.274. The van der Waals surface area contributed by atoms with E-state index in [9.17, 15) is 22.8 Å². The fraction of sp³-hybridized carbons (Fsp3) is 0.0909. The van der Waals surface area contributed by atoms with E-state index in [0.29, 0.717) is 11.3 Å². The summed E-state index contributed by atoms with van der Waals surface area (Å²) >= 11 is 0. The molecule has 0 bridgehead atoms. The first-order valence-corrected chi connectivity index (χ1v) is 8.86. The molecule has 0 aliphatic rings. The molecule has 0 aliphatic heterocycles. The molecule has 30 heavy (non-hydrogen) atoms. The number of aryl methyl sites for hydroxylation is 1. The number of hydrogen-bond donors (Lipinski definition) is 2. The van der Waals surface area contributed by atoms with Gasteiger partial charge in [-0.1, -0.05) is 36.4 Å². The molecule has 8 heteroatoms. The Morgan fingerprint density at radius 3 is 2.07 bits per heavy atom. The Kier molecular flexibility index (Phi) is 6.06. The van der Waals surface area contributed by atoms with Gasteiger partial charge in [-0.3, -0.25) is 9.59 Å². The molecule has 154 valence electrons. The zero-order valence-corrected chi connectivity index (χ0v) is 15.8. The highest BCUT2D eigenvalue weighted by Gasteiger charge is 2.32. The fourth-order valence-corrected chi connectivity index (χ4v) is 2.66. The summed E-state index contributed by atoms with van der Waals surface area (Å²) in [6, 6.07) is 18.4. The largest absolute Gasteiger partial charge is 0.573 e. The highest BCUT2D eigenvalue weighted by atomic mass is 19.4. The Balaban J connectivity index is 1.80. The molecule has 2 amide bonds. The second-order valence-electron chi connectivity index (χ2n) is 6.35. The van der Waals surface area contributed by atoms with Crippen LogP contribution in [0.2, 0.25) is 0 Å². The van der Waals surface area contributed by atoms with Crippen LogP contribution in [0.3, 0.4) is 0 Å². The Labute approximate surface area is 170 Å². The Morgan fingerprint density at radius 2 is 1.37 bits per heavy atom. The second kappa shape index (κ2) is 8.69. The molecule has 0 heterocycles. The van der Waals surface area contributed by atoms with Crippen LogP contribution >= 0.6 is 0 Å². The minimum atomic E-state index is -4.89. The van der Waals surface area contributed by atoms with Crippen LogP contribution in [0.15, 0.2) is 72.8 Å². The van der Waals surface area contributed by atoms with Crippen LogP contribution < -0.4 is 15.4 Å². The summed E-state index contributed by atoms with van der Waals surface area (Å²) in [5.74, 6) is -1.52. The van der Waals surface area contributed by atoms with E-state index in [0.717, 1.165) is 11.6 Å². The number of rotatable bonds is 5. The van der Waals surface area contributed by atoms with Gasteiger partial charge >= 0.3 is 6.36 Å². The summed E-state index contributed by atoms with van der Waals surface area (Å²) in [6.07, 6.45) is -4.89. The van der Waals surface area contributed by atoms with Crippen molar-refractivity contribution in [3.63, 3.8) is 0 Å². The highest BCUT2D eigenvalue weighted by molar-refractivity contribution is 6.08. The van der Waals surface area contributed by atoms with Crippen LogP contribution in [0.25, 0.3) is 0 Å². The molecule has 0 unspecified atom stereocenters. The standard InChI is InChI=1S/C22H17F3N2O3/c1-14-11-12-16(13-18(14)27-20(28)15-7-3-2-4-8-15)21(29)26-17-9-5-6-10-19(17)30-22(23,24)25/h2-13H,1H3,(H,26,29)(H,27,28). The third-order valence-corrected chi connectivity index (χ3v) is 4.14. The van der Waals surface area contributed by atoms with Gasteiger partial charge in [-0.05, 0) is 48.9 Å². The van der Waals surface area contributed by atoms with Crippen molar-refractivity contribution in [3.05, 3.63) is 89.5 Å². The van der Waals surface area contributed by atoms with Crippen LogP contribution in [0.1, 0.15) is 26.3 Å². The van der Waals surface area contributed by atoms with Crippen LogP contribution in [0.4, 0.5) is 24.5 Å². The van der Waals surface area contributed by atoms with Gasteiger partial charge in [0.15, 0.2) is 5.75 Å². The smallest absolute Gasteiger partial charge is 0.404 e. The third kappa shape index (κ3) is 5.38.